The molecule has 1 amide bonds. The third-order valence-corrected chi connectivity index (χ3v) is 3.80. The van der Waals surface area contributed by atoms with Crippen LogP contribution in [0.5, 0.6) is 11.5 Å². The van der Waals surface area contributed by atoms with E-state index in [9.17, 15) is 4.79 Å². The van der Waals surface area contributed by atoms with E-state index in [1.165, 1.54) is 0 Å². The summed E-state index contributed by atoms with van der Waals surface area (Å²) in [6.07, 6.45) is 0.841. The summed E-state index contributed by atoms with van der Waals surface area (Å²) in [6, 6.07) is 7.50. The van der Waals surface area contributed by atoms with E-state index in [1.54, 1.807) is 20.1 Å². The van der Waals surface area contributed by atoms with Crippen LogP contribution in [0.1, 0.15) is 17.7 Å². The van der Waals surface area contributed by atoms with Gasteiger partial charge in [0.25, 0.3) is 0 Å². The fourth-order valence-corrected chi connectivity index (χ4v) is 2.74. The van der Waals surface area contributed by atoms with Crippen molar-refractivity contribution >= 4 is 11.7 Å². The standard InChI is InChI=1S/C17H21N3O4/c1-12-9-15(19-24-12)18-16(21)11-20-7-4-8-23-17-13(10-20)5-3-6-14(17)22-2/h3,5-6,9H,4,7-8,10-11H2,1-2H3,(H,18,19,21). The molecule has 0 fully saturated rings. The predicted octanol–water partition coefficient (Wildman–Crippen LogP) is 2.21. The van der Waals surface area contributed by atoms with Crippen molar-refractivity contribution in [2.24, 2.45) is 0 Å². The minimum Gasteiger partial charge on any atom is -0.493 e. The Bertz CT molecular complexity index is 714. The maximum absolute atomic E-state index is 12.2. The van der Waals surface area contributed by atoms with E-state index in [0.717, 1.165) is 30.0 Å². The molecular weight excluding hydrogens is 310 g/mol. The quantitative estimate of drug-likeness (QED) is 0.926. The Morgan fingerprint density at radius 1 is 1.46 bits per heavy atom. The first-order valence-corrected chi connectivity index (χ1v) is 7.90. The largest absolute Gasteiger partial charge is 0.493 e. The molecule has 0 aliphatic carbocycles. The van der Waals surface area contributed by atoms with Gasteiger partial charge in [-0.05, 0) is 19.4 Å². The van der Waals surface area contributed by atoms with Crippen molar-refractivity contribution < 1.29 is 18.8 Å². The summed E-state index contributed by atoms with van der Waals surface area (Å²) in [6.45, 7) is 4.06. The molecule has 0 unspecified atom stereocenters. The normalized spacial score (nSPS) is 14.9. The second-order valence-corrected chi connectivity index (χ2v) is 5.73. The molecule has 3 rings (SSSR count). The van der Waals surface area contributed by atoms with Crippen LogP contribution in [0.25, 0.3) is 0 Å². The van der Waals surface area contributed by atoms with Gasteiger partial charge in [-0.2, -0.15) is 0 Å². The summed E-state index contributed by atoms with van der Waals surface area (Å²) >= 11 is 0. The highest BCUT2D eigenvalue weighted by Crippen LogP contribution is 2.33. The number of hydrogen-bond donors (Lipinski definition) is 1. The van der Waals surface area contributed by atoms with Gasteiger partial charge in [0.1, 0.15) is 5.76 Å². The molecule has 1 aromatic heterocycles. The molecule has 0 radical (unpaired) electrons. The van der Waals surface area contributed by atoms with Gasteiger partial charge in [0.05, 0.1) is 20.3 Å². The number of amides is 1. The van der Waals surface area contributed by atoms with E-state index in [-0.39, 0.29) is 12.5 Å². The fourth-order valence-electron chi connectivity index (χ4n) is 2.74. The van der Waals surface area contributed by atoms with E-state index in [1.807, 2.05) is 18.2 Å². The van der Waals surface area contributed by atoms with Crippen molar-refractivity contribution in [2.45, 2.75) is 19.9 Å². The number of nitrogens with zero attached hydrogens (tertiary/aromatic N) is 2. The molecule has 0 saturated heterocycles. The molecule has 24 heavy (non-hydrogen) atoms. The number of rotatable bonds is 4. The molecular formula is C17H21N3O4. The van der Waals surface area contributed by atoms with Crippen molar-refractivity contribution in [2.75, 3.05) is 32.1 Å². The van der Waals surface area contributed by atoms with Crippen LogP contribution in [0.2, 0.25) is 0 Å². The summed E-state index contributed by atoms with van der Waals surface area (Å²) in [7, 11) is 1.63. The maximum atomic E-state index is 12.2. The SMILES string of the molecule is COc1cccc2c1OCCCN(CC(=O)Nc1cc(C)on1)C2. The van der Waals surface area contributed by atoms with E-state index < -0.39 is 0 Å². The van der Waals surface area contributed by atoms with Crippen LogP contribution < -0.4 is 14.8 Å². The minimum absolute atomic E-state index is 0.116. The van der Waals surface area contributed by atoms with E-state index in [0.29, 0.717) is 24.7 Å². The van der Waals surface area contributed by atoms with Gasteiger partial charge in [0.2, 0.25) is 5.91 Å². The first kappa shape index (κ1) is 16.3. The van der Waals surface area contributed by atoms with Crippen LogP contribution in [0.15, 0.2) is 28.8 Å². The number of fused-ring (bicyclic) bond motifs is 1. The number of para-hydroxylation sites is 1. The van der Waals surface area contributed by atoms with E-state index in [2.05, 4.69) is 15.4 Å². The van der Waals surface area contributed by atoms with Gasteiger partial charge >= 0.3 is 0 Å². The first-order valence-electron chi connectivity index (χ1n) is 7.90. The molecule has 7 heteroatoms. The van der Waals surface area contributed by atoms with Crippen molar-refractivity contribution in [3.63, 3.8) is 0 Å². The molecule has 0 spiro atoms. The van der Waals surface area contributed by atoms with E-state index >= 15 is 0 Å². The lowest BCUT2D eigenvalue weighted by molar-refractivity contribution is -0.117. The lowest BCUT2D eigenvalue weighted by Gasteiger charge is -2.26. The molecule has 0 atom stereocenters. The van der Waals surface area contributed by atoms with Crippen LogP contribution in [-0.4, -0.2) is 42.8 Å². The number of hydrogen-bond acceptors (Lipinski definition) is 6. The highest BCUT2D eigenvalue weighted by molar-refractivity contribution is 5.91. The molecule has 2 heterocycles. The molecule has 1 aliphatic heterocycles. The Kier molecular flexibility index (Phi) is 5.00. The molecule has 128 valence electrons. The minimum atomic E-state index is -0.116. The van der Waals surface area contributed by atoms with Crippen molar-refractivity contribution in [3.8, 4) is 11.5 Å². The summed E-state index contributed by atoms with van der Waals surface area (Å²) in [5.41, 5.74) is 1.01. The number of aryl methyl sites for hydroxylation is 1. The van der Waals surface area contributed by atoms with Crippen molar-refractivity contribution in [1.82, 2.24) is 10.1 Å². The number of methoxy groups -OCH3 is 1. The Labute approximate surface area is 140 Å². The Morgan fingerprint density at radius 3 is 3.08 bits per heavy atom. The number of ether oxygens (including phenoxy) is 2. The number of benzene rings is 1. The number of nitrogens with one attached hydrogen (secondary N) is 1. The summed E-state index contributed by atoms with van der Waals surface area (Å²) in [4.78, 5) is 14.3. The average molecular weight is 331 g/mol. The Balaban J connectivity index is 1.68. The molecule has 0 bridgehead atoms. The van der Waals surface area contributed by atoms with Crippen molar-refractivity contribution in [3.05, 3.63) is 35.6 Å². The average Bonchev–Trinajstić information content (AvgIpc) is 2.94. The number of carbonyl (C=O) groups is 1. The molecule has 1 aromatic carbocycles. The molecule has 1 N–H and O–H groups in total. The second-order valence-electron chi connectivity index (χ2n) is 5.73. The van der Waals surface area contributed by atoms with Gasteiger partial charge in [0.15, 0.2) is 17.3 Å². The van der Waals surface area contributed by atoms with Gasteiger partial charge in [0, 0.05) is 24.7 Å². The van der Waals surface area contributed by atoms with Crippen LogP contribution in [0.4, 0.5) is 5.82 Å². The third-order valence-electron chi connectivity index (χ3n) is 3.80. The lowest BCUT2D eigenvalue weighted by Crippen LogP contribution is -2.35. The summed E-state index contributed by atoms with van der Waals surface area (Å²) in [5, 5.41) is 6.53. The smallest absolute Gasteiger partial charge is 0.239 e. The number of carbonyl (C=O) groups excluding carboxylic acids is 1. The Morgan fingerprint density at radius 2 is 2.33 bits per heavy atom. The lowest BCUT2D eigenvalue weighted by atomic mass is 10.1. The molecule has 0 saturated carbocycles. The van der Waals surface area contributed by atoms with Crippen LogP contribution in [0.3, 0.4) is 0 Å². The van der Waals surface area contributed by atoms with E-state index in [4.69, 9.17) is 14.0 Å². The zero-order valence-electron chi connectivity index (χ0n) is 13.9. The van der Waals surface area contributed by atoms with Gasteiger partial charge in [-0.1, -0.05) is 17.3 Å². The number of aromatic nitrogens is 1. The fraction of sp³-hybridized carbons (Fsp3) is 0.412. The van der Waals surface area contributed by atoms with Crippen LogP contribution in [0, 0.1) is 6.92 Å². The van der Waals surface area contributed by atoms with Crippen LogP contribution >= 0.6 is 0 Å². The van der Waals surface area contributed by atoms with Gasteiger partial charge < -0.3 is 19.3 Å². The predicted molar refractivity (Wildman–Crippen MR) is 88.3 cm³/mol. The summed E-state index contributed by atoms with van der Waals surface area (Å²) in [5.74, 6) is 2.47. The molecule has 7 nitrogen and oxygen atoms in total. The zero-order chi connectivity index (χ0) is 16.9. The third kappa shape index (κ3) is 3.86. The zero-order valence-corrected chi connectivity index (χ0v) is 13.9. The second kappa shape index (κ2) is 7.35. The summed E-state index contributed by atoms with van der Waals surface area (Å²) < 4.78 is 16.1. The Hall–Kier alpha value is -2.54. The monoisotopic (exact) mass is 331 g/mol. The maximum Gasteiger partial charge on any atom is 0.239 e. The van der Waals surface area contributed by atoms with Gasteiger partial charge in [-0.3, -0.25) is 9.69 Å². The topological polar surface area (TPSA) is 76.8 Å². The van der Waals surface area contributed by atoms with Crippen molar-refractivity contribution in [1.29, 1.82) is 0 Å². The molecule has 2 aromatic rings. The van der Waals surface area contributed by atoms with Gasteiger partial charge in [-0.15, -0.1) is 0 Å². The van der Waals surface area contributed by atoms with Gasteiger partial charge in [-0.25, -0.2) is 0 Å². The molecule has 1 aliphatic rings. The first-order chi connectivity index (χ1) is 11.7. The highest BCUT2D eigenvalue weighted by atomic mass is 16.5. The highest BCUT2D eigenvalue weighted by Gasteiger charge is 2.19. The number of anilines is 1. The van der Waals surface area contributed by atoms with Crippen LogP contribution in [-0.2, 0) is 11.3 Å².